The van der Waals surface area contributed by atoms with Crippen molar-refractivity contribution in [1.29, 1.82) is 0 Å². The molecule has 1 atom stereocenters. The molecule has 2 amide bonds. The van der Waals surface area contributed by atoms with Crippen molar-refractivity contribution in [2.45, 2.75) is 6.04 Å². The van der Waals surface area contributed by atoms with Crippen LogP contribution in [0.3, 0.4) is 0 Å². The first-order valence-corrected chi connectivity index (χ1v) is 4.98. The number of nitrogens with zero attached hydrogens (tertiary/aromatic N) is 1. The van der Waals surface area contributed by atoms with E-state index in [1.165, 1.54) is 17.0 Å². The number of ether oxygens (including phenoxy) is 1. The second-order valence-electron chi connectivity index (χ2n) is 3.89. The zero-order valence-electron chi connectivity index (χ0n) is 9.16. The SMILES string of the molecule is CN(C)C(=O)NC1COc2ccc(F)cc21. The molecule has 1 heterocycles. The number of benzene rings is 1. The number of carbonyl (C=O) groups excluding carboxylic acids is 1. The van der Waals surface area contributed by atoms with Crippen LogP contribution >= 0.6 is 0 Å². The van der Waals surface area contributed by atoms with Crippen LogP contribution in [0.25, 0.3) is 0 Å². The van der Waals surface area contributed by atoms with Gasteiger partial charge in [-0.3, -0.25) is 0 Å². The molecule has 86 valence electrons. The molecule has 0 aliphatic carbocycles. The van der Waals surface area contributed by atoms with Gasteiger partial charge in [0.1, 0.15) is 18.2 Å². The lowest BCUT2D eigenvalue weighted by Crippen LogP contribution is -2.37. The van der Waals surface area contributed by atoms with Crippen LogP contribution in [-0.4, -0.2) is 31.6 Å². The smallest absolute Gasteiger partial charge is 0.317 e. The molecule has 0 fully saturated rings. The zero-order valence-corrected chi connectivity index (χ0v) is 9.16. The average Bonchev–Trinajstić information content (AvgIpc) is 2.61. The summed E-state index contributed by atoms with van der Waals surface area (Å²) < 4.78 is 18.4. The number of fused-ring (bicyclic) bond motifs is 1. The van der Waals surface area contributed by atoms with Crippen molar-refractivity contribution < 1.29 is 13.9 Å². The van der Waals surface area contributed by atoms with Crippen LogP contribution in [0.4, 0.5) is 9.18 Å². The van der Waals surface area contributed by atoms with Gasteiger partial charge in [0, 0.05) is 19.7 Å². The lowest BCUT2D eigenvalue weighted by atomic mass is 10.1. The third-order valence-corrected chi connectivity index (χ3v) is 2.46. The molecule has 0 aromatic heterocycles. The minimum atomic E-state index is -0.326. The molecule has 4 nitrogen and oxygen atoms in total. The fourth-order valence-electron chi connectivity index (χ4n) is 1.58. The Kier molecular flexibility index (Phi) is 2.68. The normalized spacial score (nSPS) is 17.6. The number of hydrogen-bond acceptors (Lipinski definition) is 2. The molecule has 1 aliphatic heterocycles. The predicted octanol–water partition coefficient (Wildman–Crippen LogP) is 1.53. The van der Waals surface area contributed by atoms with Crippen molar-refractivity contribution in [2.75, 3.05) is 20.7 Å². The highest BCUT2D eigenvalue weighted by Gasteiger charge is 2.26. The van der Waals surface area contributed by atoms with Crippen LogP contribution in [0, 0.1) is 5.82 Å². The highest BCUT2D eigenvalue weighted by atomic mass is 19.1. The molecule has 0 bridgehead atoms. The van der Waals surface area contributed by atoms with E-state index in [9.17, 15) is 9.18 Å². The summed E-state index contributed by atoms with van der Waals surface area (Å²) in [5.41, 5.74) is 0.690. The van der Waals surface area contributed by atoms with Crippen LogP contribution in [0.2, 0.25) is 0 Å². The van der Waals surface area contributed by atoms with Gasteiger partial charge in [-0.15, -0.1) is 0 Å². The average molecular weight is 224 g/mol. The van der Waals surface area contributed by atoms with E-state index < -0.39 is 0 Å². The fourth-order valence-corrected chi connectivity index (χ4v) is 1.58. The Morgan fingerprint density at radius 2 is 2.31 bits per heavy atom. The molecule has 0 radical (unpaired) electrons. The van der Waals surface area contributed by atoms with E-state index >= 15 is 0 Å². The molecule has 2 rings (SSSR count). The molecule has 1 aliphatic rings. The van der Waals surface area contributed by atoms with Crippen LogP contribution in [0.15, 0.2) is 18.2 Å². The van der Waals surface area contributed by atoms with Crippen molar-refractivity contribution in [2.24, 2.45) is 0 Å². The van der Waals surface area contributed by atoms with Crippen molar-refractivity contribution in [1.82, 2.24) is 10.2 Å². The Balaban J connectivity index is 2.17. The van der Waals surface area contributed by atoms with E-state index in [1.54, 1.807) is 20.2 Å². The van der Waals surface area contributed by atoms with Gasteiger partial charge in [0.05, 0.1) is 6.04 Å². The van der Waals surface area contributed by atoms with Crippen molar-refractivity contribution in [3.05, 3.63) is 29.6 Å². The van der Waals surface area contributed by atoms with Gasteiger partial charge in [-0.25, -0.2) is 9.18 Å². The molecule has 0 saturated carbocycles. The Labute approximate surface area is 93.0 Å². The lowest BCUT2D eigenvalue weighted by Gasteiger charge is -2.16. The molecular formula is C11H13FN2O2. The predicted molar refractivity (Wildman–Crippen MR) is 56.9 cm³/mol. The second-order valence-corrected chi connectivity index (χ2v) is 3.89. The maximum Gasteiger partial charge on any atom is 0.317 e. The van der Waals surface area contributed by atoms with Crippen LogP contribution < -0.4 is 10.1 Å². The Morgan fingerprint density at radius 3 is 3.00 bits per heavy atom. The number of nitrogens with one attached hydrogen (secondary N) is 1. The first-order chi connectivity index (χ1) is 7.58. The number of hydrogen-bond donors (Lipinski definition) is 1. The molecule has 0 spiro atoms. The van der Waals surface area contributed by atoms with Crippen molar-refractivity contribution in [3.63, 3.8) is 0 Å². The number of carbonyl (C=O) groups is 1. The minimum Gasteiger partial charge on any atom is -0.491 e. The van der Waals surface area contributed by atoms with Gasteiger partial charge in [-0.1, -0.05) is 0 Å². The molecule has 1 aromatic rings. The third-order valence-electron chi connectivity index (χ3n) is 2.46. The zero-order chi connectivity index (χ0) is 11.7. The van der Waals surface area contributed by atoms with E-state index in [1.807, 2.05) is 0 Å². The highest BCUT2D eigenvalue weighted by Crippen LogP contribution is 2.32. The third kappa shape index (κ3) is 1.93. The Bertz CT molecular complexity index is 420. The first-order valence-electron chi connectivity index (χ1n) is 4.98. The van der Waals surface area contributed by atoms with Gasteiger partial charge in [0.2, 0.25) is 0 Å². The topological polar surface area (TPSA) is 41.6 Å². The molecular weight excluding hydrogens is 211 g/mol. The van der Waals surface area contributed by atoms with E-state index in [2.05, 4.69) is 5.32 Å². The Morgan fingerprint density at radius 1 is 1.56 bits per heavy atom. The maximum absolute atomic E-state index is 13.1. The van der Waals surface area contributed by atoms with E-state index in [0.29, 0.717) is 17.9 Å². The second kappa shape index (κ2) is 4.00. The summed E-state index contributed by atoms with van der Waals surface area (Å²) in [4.78, 5) is 12.9. The first kappa shape index (κ1) is 10.7. The highest BCUT2D eigenvalue weighted by molar-refractivity contribution is 5.74. The van der Waals surface area contributed by atoms with Crippen LogP contribution in [0.5, 0.6) is 5.75 Å². The quantitative estimate of drug-likeness (QED) is 0.786. The summed E-state index contributed by atoms with van der Waals surface area (Å²) >= 11 is 0. The molecule has 1 unspecified atom stereocenters. The van der Waals surface area contributed by atoms with Gasteiger partial charge in [-0.05, 0) is 18.2 Å². The van der Waals surface area contributed by atoms with Crippen LogP contribution in [0.1, 0.15) is 11.6 Å². The summed E-state index contributed by atoms with van der Waals surface area (Å²) in [6.07, 6.45) is 0. The summed E-state index contributed by atoms with van der Waals surface area (Å²) in [5.74, 6) is 0.304. The number of urea groups is 1. The molecule has 5 heteroatoms. The van der Waals surface area contributed by atoms with Gasteiger partial charge >= 0.3 is 6.03 Å². The molecule has 1 aromatic carbocycles. The summed E-state index contributed by atoms with van der Waals surface area (Å²) in [6, 6.07) is 3.82. The van der Waals surface area contributed by atoms with Gasteiger partial charge in [-0.2, -0.15) is 0 Å². The van der Waals surface area contributed by atoms with E-state index in [0.717, 1.165) is 0 Å². The monoisotopic (exact) mass is 224 g/mol. The van der Waals surface area contributed by atoms with Gasteiger partial charge in [0.25, 0.3) is 0 Å². The number of halogens is 1. The summed E-state index contributed by atoms with van der Waals surface area (Å²) in [6.45, 7) is 0.346. The fraction of sp³-hybridized carbons (Fsp3) is 0.364. The van der Waals surface area contributed by atoms with E-state index in [4.69, 9.17) is 4.74 Å². The standard InChI is InChI=1S/C11H13FN2O2/c1-14(2)11(15)13-9-6-16-10-4-3-7(12)5-8(9)10/h3-5,9H,6H2,1-2H3,(H,13,15). The lowest BCUT2D eigenvalue weighted by molar-refractivity contribution is 0.209. The van der Waals surface area contributed by atoms with Crippen molar-refractivity contribution >= 4 is 6.03 Å². The van der Waals surface area contributed by atoms with E-state index in [-0.39, 0.29) is 17.9 Å². The largest absolute Gasteiger partial charge is 0.491 e. The van der Waals surface area contributed by atoms with Gasteiger partial charge in [0.15, 0.2) is 0 Å². The minimum absolute atomic E-state index is 0.217. The molecule has 0 saturated heterocycles. The summed E-state index contributed by atoms with van der Waals surface area (Å²) in [7, 11) is 3.30. The number of rotatable bonds is 1. The Hall–Kier alpha value is -1.78. The molecule has 1 N–H and O–H groups in total. The van der Waals surface area contributed by atoms with Crippen molar-refractivity contribution in [3.8, 4) is 5.75 Å². The van der Waals surface area contributed by atoms with Crippen LogP contribution in [-0.2, 0) is 0 Å². The molecule has 16 heavy (non-hydrogen) atoms. The van der Waals surface area contributed by atoms with Gasteiger partial charge < -0.3 is 15.0 Å². The summed E-state index contributed by atoms with van der Waals surface area (Å²) in [5, 5.41) is 2.76. The maximum atomic E-state index is 13.1. The number of amides is 2.